The van der Waals surface area contributed by atoms with Gasteiger partial charge in [0.05, 0.1) is 10.7 Å². The fourth-order valence-corrected chi connectivity index (χ4v) is 3.60. The van der Waals surface area contributed by atoms with E-state index in [1.165, 1.54) is 11.3 Å². The number of nitrogens with zero attached hydrogens (tertiary/aromatic N) is 2. The Morgan fingerprint density at radius 1 is 1.17 bits per heavy atom. The Kier molecular flexibility index (Phi) is 4.94. The van der Waals surface area contributed by atoms with Gasteiger partial charge in [-0.05, 0) is 44.4 Å². The Hall–Kier alpha value is -2.21. The summed E-state index contributed by atoms with van der Waals surface area (Å²) in [7, 11) is 0. The van der Waals surface area contributed by atoms with Crippen molar-refractivity contribution in [1.82, 2.24) is 9.88 Å². The molecule has 0 aliphatic carbocycles. The van der Waals surface area contributed by atoms with E-state index in [9.17, 15) is 9.59 Å². The molecule has 3 rings (SSSR count). The zero-order valence-electron chi connectivity index (χ0n) is 13.9. The summed E-state index contributed by atoms with van der Waals surface area (Å²) in [6, 6.07) is 7.26. The van der Waals surface area contributed by atoms with Gasteiger partial charge in [0.2, 0.25) is 0 Å². The van der Waals surface area contributed by atoms with E-state index in [0.717, 1.165) is 36.5 Å². The van der Waals surface area contributed by atoms with E-state index >= 15 is 0 Å². The van der Waals surface area contributed by atoms with Crippen LogP contribution in [0.3, 0.4) is 0 Å². The van der Waals surface area contributed by atoms with Crippen molar-refractivity contribution in [3.8, 4) is 0 Å². The lowest BCUT2D eigenvalue weighted by molar-refractivity contribution is 0.0477. The van der Waals surface area contributed by atoms with Crippen LogP contribution in [0, 0.1) is 13.8 Å². The van der Waals surface area contributed by atoms with Crippen LogP contribution in [0.15, 0.2) is 24.3 Å². The maximum absolute atomic E-state index is 12.3. The first-order chi connectivity index (χ1) is 11.5. The lowest BCUT2D eigenvalue weighted by Crippen LogP contribution is -2.27. The minimum Gasteiger partial charge on any atom is -0.457 e. The number of hydrogen-bond donors (Lipinski definition) is 0. The van der Waals surface area contributed by atoms with Crippen molar-refractivity contribution in [1.29, 1.82) is 0 Å². The summed E-state index contributed by atoms with van der Waals surface area (Å²) >= 11 is 1.34. The highest BCUT2D eigenvalue weighted by Crippen LogP contribution is 2.19. The Morgan fingerprint density at radius 3 is 2.42 bits per heavy atom. The number of carbonyl (C=O) groups excluding carboxylic acids is 2. The number of thiazole rings is 1. The molecule has 6 heteroatoms. The van der Waals surface area contributed by atoms with Gasteiger partial charge in [-0.1, -0.05) is 12.1 Å². The zero-order chi connectivity index (χ0) is 17.1. The van der Waals surface area contributed by atoms with Crippen molar-refractivity contribution in [2.45, 2.75) is 33.3 Å². The van der Waals surface area contributed by atoms with E-state index in [0.29, 0.717) is 16.1 Å². The number of rotatable bonds is 4. The van der Waals surface area contributed by atoms with Crippen molar-refractivity contribution in [2.75, 3.05) is 13.1 Å². The number of aryl methyl sites for hydroxylation is 2. The fourth-order valence-electron chi connectivity index (χ4n) is 2.78. The molecule has 1 aromatic carbocycles. The van der Waals surface area contributed by atoms with Crippen LogP contribution >= 0.6 is 11.3 Å². The maximum atomic E-state index is 12.3. The van der Waals surface area contributed by atoms with Gasteiger partial charge in [-0.3, -0.25) is 4.79 Å². The monoisotopic (exact) mass is 344 g/mol. The standard InChI is InChI=1S/C18H20N2O3S/c1-12-16(24-13(2)19-12)18(22)23-11-14-5-7-15(8-6-14)17(21)20-9-3-4-10-20/h5-8H,3-4,9-11H2,1-2H3. The van der Waals surface area contributed by atoms with E-state index in [-0.39, 0.29) is 18.5 Å². The van der Waals surface area contributed by atoms with Gasteiger partial charge < -0.3 is 9.64 Å². The van der Waals surface area contributed by atoms with Crippen LogP contribution in [-0.2, 0) is 11.3 Å². The molecule has 0 atom stereocenters. The molecule has 5 nitrogen and oxygen atoms in total. The van der Waals surface area contributed by atoms with E-state index in [1.54, 1.807) is 19.1 Å². The summed E-state index contributed by atoms with van der Waals surface area (Å²) in [5, 5.41) is 0.851. The summed E-state index contributed by atoms with van der Waals surface area (Å²) in [5.41, 5.74) is 2.25. The molecular weight excluding hydrogens is 324 g/mol. The number of ether oxygens (including phenoxy) is 1. The van der Waals surface area contributed by atoms with E-state index in [1.807, 2.05) is 24.0 Å². The van der Waals surface area contributed by atoms with E-state index < -0.39 is 0 Å². The molecular formula is C18H20N2O3S. The maximum Gasteiger partial charge on any atom is 0.350 e. The fraction of sp³-hybridized carbons (Fsp3) is 0.389. The molecule has 0 N–H and O–H groups in total. The predicted molar refractivity (Wildman–Crippen MR) is 92.3 cm³/mol. The molecule has 0 spiro atoms. The zero-order valence-corrected chi connectivity index (χ0v) is 14.7. The van der Waals surface area contributed by atoms with Gasteiger partial charge in [-0.25, -0.2) is 9.78 Å². The van der Waals surface area contributed by atoms with Crippen LogP contribution in [0.4, 0.5) is 0 Å². The minimum absolute atomic E-state index is 0.0757. The van der Waals surface area contributed by atoms with Gasteiger partial charge in [0.15, 0.2) is 0 Å². The van der Waals surface area contributed by atoms with Gasteiger partial charge in [-0.2, -0.15) is 0 Å². The van der Waals surface area contributed by atoms with E-state index in [2.05, 4.69) is 4.98 Å². The van der Waals surface area contributed by atoms with Gasteiger partial charge in [0.1, 0.15) is 11.5 Å². The highest BCUT2D eigenvalue weighted by atomic mass is 32.1. The highest BCUT2D eigenvalue weighted by molar-refractivity contribution is 7.13. The summed E-state index contributed by atoms with van der Waals surface area (Å²) in [6.45, 7) is 5.54. The minimum atomic E-state index is -0.352. The second-order valence-corrected chi connectivity index (χ2v) is 7.12. The van der Waals surface area contributed by atoms with Gasteiger partial charge in [0.25, 0.3) is 5.91 Å². The number of amides is 1. The molecule has 1 saturated heterocycles. The molecule has 0 bridgehead atoms. The SMILES string of the molecule is Cc1nc(C)c(C(=O)OCc2ccc(C(=O)N3CCCC3)cc2)s1. The molecule has 0 unspecified atom stereocenters. The van der Waals surface area contributed by atoms with Crippen LogP contribution in [0.2, 0.25) is 0 Å². The van der Waals surface area contributed by atoms with Crippen LogP contribution < -0.4 is 0 Å². The van der Waals surface area contributed by atoms with E-state index in [4.69, 9.17) is 4.74 Å². The Balaban J connectivity index is 1.59. The first kappa shape index (κ1) is 16.6. The summed E-state index contributed by atoms with van der Waals surface area (Å²) < 4.78 is 5.34. The normalized spacial score (nSPS) is 14.0. The molecule has 1 fully saturated rings. The predicted octanol–water partition coefficient (Wildman–Crippen LogP) is 3.35. The molecule has 126 valence electrons. The first-order valence-corrected chi connectivity index (χ1v) is 8.85. The lowest BCUT2D eigenvalue weighted by atomic mass is 10.1. The van der Waals surface area contributed by atoms with Gasteiger partial charge in [-0.15, -0.1) is 11.3 Å². The van der Waals surface area contributed by atoms with Crippen molar-refractivity contribution in [2.24, 2.45) is 0 Å². The van der Waals surface area contributed by atoms with Crippen molar-refractivity contribution < 1.29 is 14.3 Å². The third-order valence-corrected chi connectivity index (χ3v) is 5.11. The molecule has 1 aromatic heterocycles. The van der Waals surface area contributed by atoms with Crippen LogP contribution in [0.1, 0.15) is 49.1 Å². The van der Waals surface area contributed by atoms with Gasteiger partial charge in [0, 0.05) is 18.7 Å². The molecule has 1 amide bonds. The third-order valence-electron chi connectivity index (χ3n) is 4.05. The van der Waals surface area contributed by atoms with Crippen molar-refractivity contribution >= 4 is 23.2 Å². The smallest absolute Gasteiger partial charge is 0.350 e. The number of benzene rings is 1. The van der Waals surface area contributed by atoms with Crippen LogP contribution in [-0.4, -0.2) is 34.8 Å². The summed E-state index contributed by atoms with van der Waals surface area (Å²) in [6.07, 6.45) is 2.16. The Morgan fingerprint density at radius 2 is 1.83 bits per heavy atom. The quantitative estimate of drug-likeness (QED) is 0.798. The lowest BCUT2D eigenvalue weighted by Gasteiger charge is -2.15. The number of carbonyl (C=O) groups is 2. The summed E-state index contributed by atoms with van der Waals surface area (Å²) in [4.78, 5) is 31.0. The Bertz CT molecular complexity index is 746. The largest absolute Gasteiger partial charge is 0.457 e. The Labute approximate surface area is 145 Å². The average molecular weight is 344 g/mol. The number of esters is 1. The molecule has 2 aromatic rings. The topological polar surface area (TPSA) is 59.5 Å². The third kappa shape index (κ3) is 3.64. The summed E-state index contributed by atoms with van der Waals surface area (Å²) in [5.74, 6) is -0.276. The molecule has 0 saturated carbocycles. The average Bonchev–Trinajstić information content (AvgIpc) is 3.22. The van der Waals surface area contributed by atoms with Gasteiger partial charge >= 0.3 is 5.97 Å². The highest BCUT2D eigenvalue weighted by Gasteiger charge is 2.19. The number of hydrogen-bond acceptors (Lipinski definition) is 5. The van der Waals surface area contributed by atoms with Crippen molar-refractivity contribution in [3.05, 3.63) is 51.0 Å². The first-order valence-electron chi connectivity index (χ1n) is 8.04. The molecule has 2 heterocycles. The molecule has 1 aliphatic rings. The van der Waals surface area contributed by atoms with Crippen LogP contribution in [0.25, 0.3) is 0 Å². The molecule has 1 aliphatic heterocycles. The van der Waals surface area contributed by atoms with Crippen molar-refractivity contribution in [3.63, 3.8) is 0 Å². The number of aromatic nitrogens is 1. The molecule has 0 radical (unpaired) electrons. The second-order valence-electron chi connectivity index (χ2n) is 5.92. The second kappa shape index (κ2) is 7.13. The molecule has 24 heavy (non-hydrogen) atoms. The van der Waals surface area contributed by atoms with Crippen LogP contribution in [0.5, 0.6) is 0 Å². The number of likely N-dealkylation sites (tertiary alicyclic amines) is 1.